The summed E-state index contributed by atoms with van der Waals surface area (Å²) in [4.78, 5) is 0.317. The monoisotopic (exact) mass is 296 g/mol. The third-order valence-electron chi connectivity index (χ3n) is 4.39. The smallest absolute Gasteiger partial charge is 0.243 e. The lowest BCUT2D eigenvalue weighted by molar-refractivity contribution is 0.196. The topological polar surface area (TPSA) is 63.4 Å². The summed E-state index contributed by atoms with van der Waals surface area (Å²) >= 11 is 0. The standard InChI is InChI=1S/C15H24N2O2S/c1-11-9-13(10-14(16)12(11)2)20(18,19)17-7-5-15(3,4)6-8-17/h9-10H,5-8,16H2,1-4H3. The van der Waals surface area contributed by atoms with Crippen molar-refractivity contribution in [3.63, 3.8) is 0 Å². The van der Waals surface area contributed by atoms with E-state index in [0.717, 1.165) is 24.0 Å². The second-order valence-electron chi connectivity index (χ2n) is 6.52. The maximum absolute atomic E-state index is 12.7. The lowest BCUT2D eigenvalue weighted by Gasteiger charge is -2.36. The third-order valence-corrected chi connectivity index (χ3v) is 6.27. The molecule has 0 amide bonds. The molecule has 4 nitrogen and oxygen atoms in total. The summed E-state index contributed by atoms with van der Waals surface area (Å²) in [5.41, 5.74) is 8.55. The van der Waals surface area contributed by atoms with Crippen LogP contribution < -0.4 is 5.73 Å². The first-order chi connectivity index (χ1) is 9.13. The van der Waals surface area contributed by atoms with Crippen molar-refractivity contribution in [2.24, 2.45) is 5.41 Å². The van der Waals surface area contributed by atoms with E-state index in [1.165, 1.54) is 0 Å². The van der Waals surface area contributed by atoms with Gasteiger partial charge in [0.2, 0.25) is 10.0 Å². The van der Waals surface area contributed by atoms with Crippen molar-refractivity contribution in [2.45, 2.75) is 45.4 Å². The zero-order valence-corrected chi connectivity index (χ0v) is 13.5. The number of aryl methyl sites for hydroxylation is 1. The number of hydrogen-bond acceptors (Lipinski definition) is 3. The summed E-state index contributed by atoms with van der Waals surface area (Å²) in [7, 11) is -3.42. The van der Waals surface area contributed by atoms with Gasteiger partial charge in [-0.25, -0.2) is 8.42 Å². The Morgan fingerprint density at radius 2 is 1.70 bits per heavy atom. The Balaban J connectivity index is 2.32. The van der Waals surface area contributed by atoms with E-state index in [-0.39, 0.29) is 5.41 Å². The maximum atomic E-state index is 12.7. The van der Waals surface area contributed by atoms with Gasteiger partial charge < -0.3 is 5.73 Å². The van der Waals surface area contributed by atoms with Crippen LogP contribution in [0.4, 0.5) is 5.69 Å². The molecule has 1 aromatic carbocycles. The quantitative estimate of drug-likeness (QED) is 0.853. The molecule has 1 aliphatic rings. The van der Waals surface area contributed by atoms with Crippen molar-refractivity contribution in [1.29, 1.82) is 0 Å². The van der Waals surface area contributed by atoms with E-state index in [0.29, 0.717) is 23.7 Å². The summed E-state index contributed by atoms with van der Waals surface area (Å²) in [6, 6.07) is 3.30. The third kappa shape index (κ3) is 2.83. The molecule has 0 atom stereocenters. The highest BCUT2D eigenvalue weighted by atomic mass is 32.2. The van der Waals surface area contributed by atoms with E-state index in [9.17, 15) is 8.42 Å². The van der Waals surface area contributed by atoms with Crippen molar-refractivity contribution in [1.82, 2.24) is 4.31 Å². The van der Waals surface area contributed by atoms with E-state index >= 15 is 0 Å². The number of sulfonamides is 1. The van der Waals surface area contributed by atoms with Crippen LogP contribution in [0.5, 0.6) is 0 Å². The Morgan fingerprint density at radius 3 is 2.20 bits per heavy atom. The van der Waals surface area contributed by atoms with Gasteiger partial charge in [-0.3, -0.25) is 0 Å². The molecule has 2 rings (SSSR count). The zero-order valence-electron chi connectivity index (χ0n) is 12.7. The van der Waals surface area contributed by atoms with E-state index < -0.39 is 10.0 Å². The van der Waals surface area contributed by atoms with Gasteiger partial charge in [-0.05, 0) is 55.4 Å². The molecule has 5 heteroatoms. The molecule has 1 aromatic rings. The largest absolute Gasteiger partial charge is 0.398 e. The van der Waals surface area contributed by atoms with Crippen molar-refractivity contribution >= 4 is 15.7 Å². The van der Waals surface area contributed by atoms with Gasteiger partial charge in [0.25, 0.3) is 0 Å². The van der Waals surface area contributed by atoms with Crippen LogP contribution in [0.1, 0.15) is 37.8 Å². The first kappa shape index (κ1) is 15.3. The SMILES string of the molecule is Cc1cc(S(=O)(=O)N2CCC(C)(C)CC2)cc(N)c1C. The minimum atomic E-state index is -3.42. The molecule has 0 aliphatic carbocycles. The average Bonchev–Trinajstić information content (AvgIpc) is 2.34. The summed E-state index contributed by atoms with van der Waals surface area (Å²) in [6.07, 6.45) is 1.79. The number of benzene rings is 1. The number of nitrogen functional groups attached to an aromatic ring is 1. The second kappa shape index (κ2) is 5.04. The highest BCUT2D eigenvalue weighted by Crippen LogP contribution is 2.33. The van der Waals surface area contributed by atoms with Gasteiger partial charge in [-0.1, -0.05) is 13.8 Å². The van der Waals surface area contributed by atoms with Crippen LogP contribution in [0, 0.1) is 19.3 Å². The molecule has 1 saturated heterocycles. The Bertz CT molecular complexity index is 588. The van der Waals surface area contributed by atoms with E-state index in [4.69, 9.17) is 5.73 Å². The van der Waals surface area contributed by atoms with E-state index in [1.54, 1.807) is 16.4 Å². The minimum Gasteiger partial charge on any atom is -0.398 e. The fourth-order valence-corrected chi connectivity index (χ4v) is 4.05. The van der Waals surface area contributed by atoms with Crippen LogP contribution in [0.3, 0.4) is 0 Å². The van der Waals surface area contributed by atoms with E-state index in [1.807, 2.05) is 13.8 Å². The fourth-order valence-electron chi connectivity index (χ4n) is 2.48. The molecule has 0 unspecified atom stereocenters. The zero-order chi connectivity index (χ0) is 15.1. The lowest BCUT2D eigenvalue weighted by atomic mass is 9.83. The van der Waals surface area contributed by atoms with Crippen LogP contribution in [0.15, 0.2) is 17.0 Å². The average molecular weight is 296 g/mol. The van der Waals surface area contributed by atoms with Crippen LogP contribution >= 0.6 is 0 Å². The normalized spacial score (nSPS) is 20.0. The summed E-state index contributed by atoms with van der Waals surface area (Å²) in [5.74, 6) is 0. The van der Waals surface area contributed by atoms with Crippen LogP contribution in [-0.4, -0.2) is 25.8 Å². The predicted molar refractivity (Wildman–Crippen MR) is 82.1 cm³/mol. The number of anilines is 1. The summed E-state index contributed by atoms with van der Waals surface area (Å²) in [6.45, 7) is 9.34. The van der Waals surface area contributed by atoms with Crippen molar-refractivity contribution in [3.05, 3.63) is 23.3 Å². The Labute approximate surface area is 122 Å². The van der Waals surface area contributed by atoms with Crippen LogP contribution in [0.2, 0.25) is 0 Å². The van der Waals surface area contributed by atoms with Crippen LogP contribution in [-0.2, 0) is 10.0 Å². The highest BCUT2D eigenvalue weighted by molar-refractivity contribution is 7.89. The Hall–Kier alpha value is -1.07. The van der Waals surface area contributed by atoms with Gasteiger partial charge in [0, 0.05) is 18.8 Å². The first-order valence-electron chi connectivity index (χ1n) is 7.00. The number of rotatable bonds is 2. The van der Waals surface area contributed by atoms with Gasteiger partial charge in [-0.15, -0.1) is 0 Å². The summed E-state index contributed by atoms with van der Waals surface area (Å²) in [5, 5.41) is 0. The van der Waals surface area contributed by atoms with Gasteiger partial charge in [-0.2, -0.15) is 4.31 Å². The molecule has 0 spiro atoms. The molecular formula is C15H24N2O2S. The van der Waals surface area contributed by atoms with Gasteiger partial charge >= 0.3 is 0 Å². The number of piperidine rings is 1. The number of nitrogens with two attached hydrogens (primary N) is 1. The number of nitrogens with zero attached hydrogens (tertiary/aromatic N) is 1. The molecular weight excluding hydrogens is 272 g/mol. The molecule has 0 saturated carbocycles. The molecule has 0 bridgehead atoms. The Morgan fingerprint density at radius 1 is 1.15 bits per heavy atom. The molecule has 1 heterocycles. The molecule has 2 N–H and O–H groups in total. The first-order valence-corrected chi connectivity index (χ1v) is 8.44. The lowest BCUT2D eigenvalue weighted by Crippen LogP contribution is -2.41. The van der Waals surface area contributed by atoms with Gasteiger partial charge in [0.05, 0.1) is 4.90 Å². The fraction of sp³-hybridized carbons (Fsp3) is 0.600. The molecule has 1 fully saturated rings. The van der Waals surface area contributed by atoms with E-state index in [2.05, 4.69) is 13.8 Å². The predicted octanol–water partition coefficient (Wildman–Crippen LogP) is 2.70. The maximum Gasteiger partial charge on any atom is 0.243 e. The van der Waals surface area contributed by atoms with Gasteiger partial charge in [0.15, 0.2) is 0 Å². The highest BCUT2D eigenvalue weighted by Gasteiger charge is 2.33. The van der Waals surface area contributed by atoms with Crippen LogP contribution in [0.25, 0.3) is 0 Å². The molecule has 0 aromatic heterocycles. The number of hydrogen-bond donors (Lipinski definition) is 1. The molecule has 112 valence electrons. The van der Waals surface area contributed by atoms with Crippen molar-refractivity contribution in [3.8, 4) is 0 Å². The minimum absolute atomic E-state index is 0.230. The molecule has 20 heavy (non-hydrogen) atoms. The second-order valence-corrected chi connectivity index (χ2v) is 8.46. The molecule has 0 radical (unpaired) electrons. The molecule has 1 aliphatic heterocycles. The van der Waals surface area contributed by atoms with Crippen molar-refractivity contribution in [2.75, 3.05) is 18.8 Å². The van der Waals surface area contributed by atoms with Gasteiger partial charge in [0.1, 0.15) is 0 Å². The Kier molecular flexibility index (Phi) is 3.86. The summed E-state index contributed by atoms with van der Waals surface area (Å²) < 4.78 is 27.0. The van der Waals surface area contributed by atoms with Crippen molar-refractivity contribution < 1.29 is 8.42 Å².